The van der Waals surface area contributed by atoms with Crippen LogP contribution in [-0.4, -0.2) is 22.0 Å². The lowest BCUT2D eigenvalue weighted by Crippen LogP contribution is -2.13. The van der Waals surface area contributed by atoms with Gasteiger partial charge in [-0.2, -0.15) is 13.2 Å². The van der Waals surface area contributed by atoms with Crippen LogP contribution in [0.5, 0.6) is 0 Å². The minimum atomic E-state index is -4.55. The minimum absolute atomic E-state index is 0.0599. The zero-order chi connectivity index (χ0) is 19.6. The number of nitrogens with one attached hydrogen (secondary N) is 1. The first-order chi connectivity index (χ1) is 12.8. The Labute approximate surface area is 154 Å². The van der Waals surface area contributed by atoms with Crippen molar-refractivity contribution in [1.29, 1.82) is 0 Å². The first kappa shape index (κ1) is 18.8. The molecule has 0 amide bonds. The Morgan fingerprint density at radius 3 is 2.33 bits per heavy atom. The van der Waals surface area contributed by atoms with Crippen LogP contribution in [0.4, 0.5) is 19.1 Å². The second-order valence-electron chi connectivity index (χ2n) is 6.03. The van der Waals surface area contributed by atoms with Gasteiger partial charge in [-0.05, 0) is 31.7 Å². The van der Waals surface area contributed by atoms with Gasteiger partial charge in [0.1, 0.15) is 5.69 Å². The van der Waals surface area contributed by atoms with E-state index in [1.165, 1.54) is 6.92 Å². The molecule has 0 aliphatic carbocycles. The smallest absolute Gasteiger partial charge is 0.368 e. The number of pyridine rings is 1. The van der Waals surface area contributed by atoms with Crippen LogP contribution >= 0.6 is 0 Å². The molecular weight excluding hydrogens is 355 g/mol. The van der Waals surface area contributed by atoms with Gasteiger partial charge >= 0.3 is 6.18 Å². The molecule has 0 radical (unpaired) electrons. The molecule has 0 spiro atoms. The SMILES string of the molecule is CNCc1nc(N)nc(-c2ccccc2)c1-c1cc(C)nc(C(F)(F)F)c1. The van der Waals surface area contributed by atoms with Crippen LogP contribution in [0.25, 0.3) is 22.4 Å². The summed E-state index contributed by atoms with van der Waals surface area (Å²) >= 11 is 0. The lowest BCUT2D eigenvalue weighted by atomic mass is 9.96. The normalized spacial score (nSPS) is 11.6. The van der Waals surface area contributed by atoms with Crippen molar-refractivity contribution < 1.29 is 13.2 Å². The fourth-order valence-electron chi connectivity index (χ4n) is 2.89. The summed E-state index contributed by atoms with van der Waals surface area (Å²) in [5.41, 5.74) is 7.74. The van der Waals surface area contributed by atoms with E-state index in [1.807, 2.05) is 30.3 Å². The lowest BCUT2D eigenvalue weighted by molar-refractivity contribution is -0.141. The standard InChI is InChI=1S/C19H18F3N5/c1-11-8-13(9-15(25-11)19(20,21)22)16-14(10-24-2)26-18(23)27-17(16)12-6-4-3-5-7-12/h3-9,24H,10H2,1-2H3,(H2,23,26,27). The first-order valence-electron chi connectivity index (χ1n) is 8.22. The number of halogens is 3. The van der Waals surface area contributed by atoms with Gasteiger partial charge in [0.15, 0.2) is 0 Å². The van der Waals surface area contributed by atoms with Gasteiger partial charge in [0, 0.05) is 23.4 Å². The molecule has 0 fully saturated rings. The third-order valence-electron chi connectivity index (χ3n) is 3.93. The van der Waals surface area contributed by atoms with Gasteiger partial charge in [0.25, 0.3) is 0 Å². The molecule has 27 heavy (non-hydrogen) atoms. The van der Waals surface area contributed by atoms with E-state index < -0.39 is 11.9 Å². The Hall–Kier alpha value is -3.00. The van der Waals surface area contributed by atoms with E-state index in [0.717, 1.165) is 11.6 Å². The Kier molecular flexibility index (Phi) is 5.09. The fraction of sp³-hybridized carbons (Fsp3) is 0.211. The summed E-state index contributed by atoms with van der Waals surface area (Å²) in [6, 6.07) is 11.8. The lowest BCUT2D eigenvalue weighted by Gasteiger charge is -2.16. The minimum Gasteiger partial charge on any atom is -0.368 e. The second-order valence-corrected chi connectivity index (χ2v) is 6.03. The predicted molar refractivity (Wildman–Crippen MR) is 97.6 cm³/mol. The molecule has 140 valence electrons. The number of anilines is 1. The number of nitrogen functional groups attached to an aromatic ring is 1. The number of nitrogens with zero attached hydrogens (tertiary/aromatic N) is 3. The molecule has 3 N–H and O–H groups in total. The number of aromatic nitrogens is 3. The van der Waals surface area contributed by atoms with Crippen LogP contribution in [0.15, 0.2) is 42.5 Å². The molecule has 0 aliphatic heterocycles. The monoisotopic (exact) mass is 373 g/mol. The molecule has 0 aliphatic rings. The van der Waals surface area contributed by atoms with E-state index in [4.69, 9.17) is 5.73 Å². The Bertz CT molecular complexity index is 956. The molecule has 8 heteroatoms. The van der Waals surface area contributed by atoms with E-state index in [0.29, 0.717) is 29.1 Å². The molecule has 1 aromatic carbocycles. The van der Waals surface area contributed by atoms with E-state index >= 15 is 0 Å². The van der Waals surface area contributed by atoms with Crippen LogP contribution in [0.3, 0.4) is 0 Å². The molecule has 2 heterocycles. The van der Waals surface area contributed by atoms with Gasteiger partial charge in [-0.25, -0.2) is 15.0 Å². The predicted octanol–water partition coefficient (Wildman–Crippen LogP) is 3.83. The summed E-state index contributed by atoms with van der Waals surface area (Å²) in [5, 5.41) is 2.98. The fourth-order valence-corrected chi connectivity index (χ4v) is 2.89. The van der Waals surface area contributed by atoms with Crippen molar-refractivity contribution in [3.05, 3.63) is 59.5 Å². The second kappa shape index (κ2) is 7.32. The Morgan fingerprint density at radius 1 is 1.00 bits per heavy atom. The van der Waals surface area contributed by atoms with Crippen molar-refractivity contribution in [2.75, 3.05) is 12.8 Å². The zero-order valence-corrected chi connectivity index (χ0v) is 14.8. The van der Waals surface area contributed by atoms with E-state index in [1.54, 1.807) is 13.1 Å². The summed E-state index contributed by atoms with van der Waals surface area (Å²) in [4.78, 5) is 12.2. The molecule has 0 bridgehead atoms. The van der Waals surface area contributed by atoms with Crippen LogP contribution in [-0.2, 0) is 12.7 Å². The van der Waals surface area contributed by atoms with Crippen molar-refractivity contribution >= 4 is 5.95 Å². The van der Waals surface area contributed by atoms with Crippen LogP contribution in [0, 0.1) is 6.92 Å². The van der Waals surface area contributed by atoms with Crippen LogP contribution < -0.4 is 11.1 Å². The quantitative estimate of drug-likeness (QED) is 0.727. The molecule has 0 saturated carbocycles. The van der Waals surface area contributed by atoms with E-state index in [9.17, 15) is 13.2 Å². The summed E-state index contributed by atoms with van der Waals surface area (Å²) in [7, 11) is 1.73. The number of benzene rings is 1. The molecule has 0 atom stereocenters. The van der Waals surface area contributed by atoms with Crippen molar-refractivity contribution in [2.24, 2.45) is 0 Å². The number of alkyl halides is 3. The summed E-state index contributed by atoms with van der Waals surface area (Å²) < 4.78 is 39.8. The molecule has 5 nitrogen and oxygen atoms in total. The molecular formula is C19H18F3N5. The highest BCUT2D eigenvalue weighted by Crippen LogP contribution is 2.37. The van der Waals surface area contributed by atoms with Crippen LogP contribution in [0.2, 0.25) is 0 Å². The van der Waals surface area contributed by atoms with E-state index in [-0.39, 0.29) is 11.6 Å². The van der Waals surface area contributed by atoms with Crippen molar-refractivity contribution in [3.8, 4) is 22.4 Å². The third-order valence-corrected chi connectivity index (χ3v) is 3.93. The largest absolute Gasteiger partial charge is 0.433 e. The van der Waals surface area contributed by atoms with Gasteiger partial charge in [0.2, 0.25) is 5.95 Å². The maximum Gasteiger partial charge on any atom is 0.433 e. The van der Waals surface area contributed by atoms with Crippen molar-refractivity contribution in [1.82, 2.24) is 20.3 Å². The number of hydrogen-bond donors (Lipinski definition) is 2. The maximum atomic E-state index is 13.3. The first-order valence-corrected chi connectivity index (χ1v) is 8.22. The van der Waals surface area contributed by atoms with Crippen molar-refractivity contribution in [3.63, 3.8) is 0 Å². The molecule has 2 aromatic heterocycles. The highest BCUT2D eigenvalue weighted by molar-refractivity contribution is 5.83. The maximum absolute atomic E-state index is 13.3. The average Bonchev–Trinajstić information content (AvgIpc) is 2.61. The molecule has 3 aromatic rings. The van der Waals surface area contributed by atoms with Gasteiger partial charge in [-0.3, -0.25) is 0 Å². The topological polar surface area (TPSA) is 76.7 Å². The summed E-state index contributed by atoms with van der Waals surface area (Å²) in [6.45, 7) is 1.85. The highest BCUT2D eigenvalue weighted by Gasteiger charge is 2.33. The number of nitrogens with two attached hydrogens (primary N) is 1. The summed E-state index contributed by atoms with van der Waals surface area (Å²) in [6.07, 6.45) is -4.55. The van der Waals surface area contributed by atoms with Gasteiger partial charge in [-0.1, -0.05) is 30.3 Å². The number of rotatable bonds is 4. The molecule has 0 saturated heterocycles. The number of aryl methyl sites for hydroxylation is 1. The summed E-state index contributed by atoms with van der Waals surface area (Å²) in [5.74, 6) is 0.0599. The van der Waals surface area contributed by atoms with Crippen molar-refractivity contribution in [2.45, 2.75) is 19.6 Å². The highest BCUT2D eigenvalue weighted by atomic mass is 19.4. The average molecular weight is 373 g/mol. The van der Waals surface area contributed by atoms with E-state index in [2.05, 4.69) is 20.3 Å². The molecule has 3 rings (SSSR count). The van der Waals surface area contributed by atoms with Gasteiger partial charge < -0.3 is 11.1 Å². The van der Waals surface area contributed by atoms with Gasteiger partial charge in [-0.15, -0.1) is 0 Å². The number of hydrogen-bond acceptors (Lipinski definition) is 5. The Morgan fingerprint density at radius 2 is 1.70 bits per heavy atom. The zero-order valence-electron chi connectivity index (χ0n) is 14.8. The van der Waals surface area contributed by atoms with Crippen LogP contribution in [0.1, 0.15) is 17.1 Å². The van der Waals surface area contributed by atoms with Gasteiger partial charge in [0.05, 0.1) is 11.4 Å². The third kappa shape index (κ3) is 4.06. The molecule has 0 unspecified atom stereocenters. The Balaban J connectivity index is 2.33.